The maximum absolute atomic E-state index is 12.2. The summed E-state index contributed by atoms with van der Waals surface area (Å²) >= 11 is 0. The van der Waals surface area contributed by atoms with Gasteiger partial charge in [-0.15, -0.1) is 0 Å². The molecule has 0 amide bonds. The van der Waals surface area contributed by atoms with Crippen LogP contribution in [0.1, 0.15) is 30.7 Å². The molecule has 0 spiro atoms. The highest BCUT2D eigenvalue weighted by atomic mass is 16.5. The van der Waals surface area contributed by atoms with Crippen molar-refractivity contribution in [2.24, 2.45) is 5.41 Å². The second kappa shape index (κ2) is 4.92. The van der Waals surface area contributed by atoms with Crippen LogP contribution in [0.3, 0.4) is 0 Å². The minimum atomic E-state index is -0.134. The van der Waals surface area contributed by atoms with E-state index in [9.17, 15) is 5.21 Å². The molecule has 0 atom stereocenters. The van der Waals surface area contributed by atoms with Crippen molar-refractivity contribution in [3.05, 3.63) is 70.7 Å². The summed E-state index contributed by atoms with van der Waals surface area (Å²) < 4.78 is 6.86. The molecular weight excluding hydrogens is 262 g/mol. The normalized spacial score (nSPS) is 16.4. The van der Waals surface area contributed by atoms with E-state index in [1.54, 1.807) is 6.07 Å². The van der Waals surface area contributed by atoms with Gasteiger partial charge >= 0.3 is 0 Å². The van der Waals surface area contributed by atoms with Crippen LogP contribution in [-0.4, -0.2) is 6.61 Å². The lowest BCUT2D eigenvalue weighted by molar-refractivity contribution is -0.607. The van der Waals surface area contributed by atoms with Gasteiger partial charge < -0.3 is 9.94 Å². The van der Waals surface area contributed by atoms with Crippen molar-refractivity contribution in [3.8, 4) is 5.75 Å². The van der Waals surface area contributed by atoms with Crippen molar-refractivity contribution >= 4 is 5.57 Å². The van der Waals surface area contributed by atoms with Crippen LogP contribution in [0.4, 0.5) is 0 Å². The SMILES string of the molecule is Cc1ccc2c(c1)C(c1cccc[n+]1[O-])=CC(C)(C)CO2. The number of nitrogens with zero attached hydrogens (tertiary/aromatic N) is 1. The average Bonchev–Trinajstić information content (AvgIpc) is 2.56. The molecule has 0 radical (unpaired) electrons. The number of hydrogen-bond acceptors (Lipinski definition) is 2. The molecule has 0 N–H and O–H groups in total. The highest BCUT2D eigenvalue weighted by molar-refractivity contribution is 5.81. The number of hydrogen-bond donors (Lipinski definition) is 0. The van der Waals surface area contributed by atoms with E-state index >= 15 is 0 Å². The van der Waals surface area contributed by atoms with Gasteiger partial charge in [0.15, 0.2) is 6.20 Å². The van der Waals surface area contributed by atoms with Gasteiger partial charge in [0.05, 0.1) is 12.2 Å². The third-order valence-corrected chi connectivity index (χ3v) is 3.66. The van der Waals surface area contributed by atoms with Gasteiger partial charge in [0.2, 0.25) is 5.69 Å². The van der Waals surface area contributed by atoms with Crippen LogP contribution in [0.15, 0.2) is 48.7 Å². The standard InChI is InChI=1S/C18H19NO2/c1-13-7-8-17-14(10-13)15(11-18(2,3)12-21-17)16-6-4-5-9-19(16)20/h4-11H,12H2,1-3H3. The molecule has 3 rings (SSSR count). The lowest BCUT2D eigenvalue weighted by Gasteiger charge is -2.18. The lowest BCUT2D eigenvalue weighted by Crippen LogP contribution is -2.30. The van der Waals surface area contributed by atoms with Gasteiger partial charge in [-0.25, -0.2) is 0 Å². The monoisotopic (exact) mass is 281 g/mol. The molecular formula is C18H19NO2. The van der Waals surface area contributed by atoms with Crippen LogP contribution in [0.25, 0.3) is 5.57 Å². The molecule has 1 aromatic heterocycles. The van der Waals surface area contributed by atoms with Crippen molar-refractivity contribution in [2.45, 2.75) is 20.8 Å². The van der Waals surface area contributed by atoms with E-state index in [0.29, 0.717) is 12.3 Å². The Balaban J connectivity index is 2.27. The predicted molar refractivity (Wildman–Crippen MR) is 82.9 cm³/mol. The maximum atomic E-state index is 12.2. The fourth-order valence-corrected chi connectivity index (χ4v) is 2.60. The van der Waals surface area contributed by atoms with Gasteiger partial charge in [-0.3, -0.25) is 0 Å². The molecule has 0 aliphatic carbocycles. The Morgan fingerprint density at radius 1 is 1.19 bits per heavy atom. The summed E-state index contributed by atoms with van der Waals surface area (Å²) in [6, 6.07) is 11.6. The summed E-state index contributed by atoms with van der Waals surface area (Å²) in [6.45, 7) is 6.87. The second-order valence-electron chi connectivity index (χ2n) is 6.25. The molecule has 1 aliphatic heterocycles. The van der Waals surface area contributed by atoms with Gasteiger partial charge in [-0.1, -0.05) is 31.6 Å². The summed E-state index contributed by atoms with van der Waals surface area (Å²) in [5, 5.41) is 12.2. The lowest BCUT2D eigenvalue weighted by atomic mass is 9.89. The first-order chi connectivity index (χ1) is 9.96. The molecule has 2 aromatic rings. The number of rotatable bonds is 1. The number of benzene rings is 1. The van der Waals surface area contributed by atoms with E-state index < -0.39 is 0 Å². The van der Waals surface area contributed by atoms with Crippen molar-refractivity contribution in [1.82, 2.24) is 0 Å². The van der Waals surface area contributed by atoms with Crippen LogP contribution < -0.4 is 9.47 Å². The minimum absolute atomic E-state index is 0.134. The summed E-state index contributed by atoms with van der Waals surface area (Å²) in [5.41, 5.74) is 3.59. The minimum Gasteiger partial charge on any atom is -0.618 e. The first-order valence-corrected chi connectivity index (χ1v) is 7.11. The topological polar surface area (TPSA) is 36.2 Å². The van der Waals surface area contributed by atoms with Crippen molar-refractivity contribution in [3.63, 3.8) is 0 Å². The Morgan fingerprint density at radius 2 is 2.00 bits per heavy atom. The van der Waals surface area contributed by atoms with Crippen LogP contribution >= 0.6 is 0 Å². The van der Waals surface area contributed by atoms with E-state index in [4.69, 9.17) is 4.74 Å². The summed E-state index contributed by atoms with van der Waals surface area (Å²) in [6.07, 6.45) is 3.67. The quantitative estimate of drug-likeness (QED) is 0.592. The summed E-state index contributed by atoms with van der Waals surface area (Å²) in [5.74, 6) is 0.835. The molecule has 21 heavy (non-hydrogen) atoms. The first-order valence-electron chi connectivity index (χ1n) is 7.11. The number of ether oxygens (including phenoxy) is 1. The van der Waals surface area contributed by atoms with E-state index in [0.717, 1.165) is 27.2 Å². The van der Waals surface area contributed by atoms with Gasteiger partial charge in [-0.05, 0) is 25.1 Å². The molecule has 0 saturated carbocycles. The molecule has 2 heterocycles. The maximum Gasteiger partial charge on any atom is 0.224 e. The van der Waals surface area contributed by atoms with Gasteiger partial charge in [0.25, 0.3) is 0 Å². The molecule has 108 valence electrons. The molecule has 0 unspecified atom stereocenters. The fourth-order valence-electron chi connectivity index (χ4n) is 2.60. The van der Waals surface area contributed by atoms with Crippen molar-refractivity contribution in [2.75, 3.05) is 6.61 Å². The van der Waals surface area contributed by atoms with E-state index in [1.165, 1.54) is 6.20 Å². The Kier molecular flexibility index (Phi) is 3.20. The Hall–Kier alpha value is -2.29. The van der Waals surface area contributed by atoms with Crippen LogP contribution in [-0.2, 0) is 0 Å². The summed E-state index contributed by atoms with van der Waals surface area (Å²) in [7, 11) is 0. The molecule has 0 fully saturated rings. The van der Waals surface area contributed by atoms with E-state index in [2.05, 4.69) is 26.0 Å². The third-order valence-electron chi connectivity index (χ3n) is 3.66. The number of aryl methyl sites for hydroxylation is 1. The molecule has 1 aliphatic rings. The van der Waals surface area contributed by atoms with E-state index in [-0.39, 0.29) is 5.41 Å². The molecule has 3 heteroatoms. The highest BCUT2D eigenvalue weighted by Crippen LogP contribution is 2.37. The van der Waals surface area contributed by atoms with Crippen LogP contribution in [0.2, 0.25) is 0 Å². The second-order valence-corrected chi connectivity index (χ2v) is 6.25. The molecule has 3 nitrogen and oxygen atoms in total. The largest absolute Gasteiger partial charge is 0.618 e. The fraction of sp³-hybridized carbons (Fsp3) is 0.278. The van der Waals surface area contributed by atoms with Crippen molar-refractivity contribution in [1.29, 1.82) is 0 Å². The van der Waals surface area contributed by atoms with Gasteiger partial charge in [-0.2, -0.15) is 4.73 Å². The number of pyridine rings is 1. The number of fused-ring (bicyclic) bond motifs is 1. The van der Waals surface area contributed by atoms with Crippen LogP contribution in [0.5, 0.6) is 5.75 Å². The zero-order chi connectivity index (χ0) is 15.0. The highest BCUT2D eigenvalue weighted by Gasteiger charge is 2.27. The Morgan fingerprint density at radius 3 is 2.76 bits per heavy atom. The average molecular weight is 281 g/mol. The van der Waals surface area contributed by atoms with Gasteiger partial charge in [0, 0.05) is 23.1 Å². The Labute approximate surface area is 125 Å². The van der Waals surface area contributed by atoms with Crippen LogP contribution in [0, 0.1) is 17.5 Å². The predicted octanol–water partition coefficient (Wildman–Crippen LogP) is 3.48. The van der Waals surface area contributed by atoms with E-state index in [1.807, 2.05) is 31.2 Å². The molecule has 0 saturated heterocycles. The molecule has 0 bridgehead atoms. The smallest absolute Gasteiger partial charge is 0.224 e. The van der Waals surface area contributed by atoms with Crippen molar-refractivity contribution < 1.29 is 9.47 Å². The number of aromatic nitrogens is 1. The zero-order valence-electron chi connectivity index (χ0n) is 12.6. The first kappa shape index (κ1) is 13.7. The summed E-state index contributed by atoms with van der Waals surface area (Å²) in [4.78, 5) is 0. The van der Waals surface area contributed by atoms with Gasteiger partial charge in [0.1, 0.15) is 5.75 Å². The third kappa shape index (κ3) is 2.64. The zero-order valence-corrected chi connectivity index (χ0v) is 12.6. The molecule has 1 aromatic carbocycles. The Bertz CT molecular complexity index is 717.